The summed E-state index contributed by atoms with van der Waals surface area (Å²) < 4.78 is 5.91. The van der Waals surface area contributed by atoms with E-state index in [1.807, 2.05) is 30.3 Å². The second-order valence-electron chi connectivity index (χ2n) is 6.00. The van der Waals surface area contributed by atoms with Gasteiger partial charge in [-0.25, -0.2) is 4.98 Å². The number of aryl methyl sites for hydroxylation is 1. The van der Waals surface area contributed by atoms with Gasteiger partial charge in [0.25, 0.3) is 0 Å². The average molecular weight is 325 g/mol. The van der Waals surface area contributed by atoms with Gasteiger partial charge < -0.3 is 4.42 Å². The number of hydrogen-bond donors (Lipinski definition) is 0. The molecule has 0 unspecified atom stereocenters. The Bertz CT molecular complexity index is 995. The Labute approximate surface area is 147 Å². The minimum absolute atomic E-state index is 0.665. The van der Waals surface area contributed by atoms with Crippen LogP contribution in [-0.4, -0.2) is 4.98 Å². The van der Waals surface area contributed by atoms with Crippen molar-refractivity contribution >= 4 is 23.3 Å². The van der Waals surface area contributed by atoms with Crippen LogP contribution in [0, 0.1) is 0 Å². The number of rotatable bonds is 4. The van der Waals surface area contributed by atoms with E-state index in [0.29, 0.717) is 5.89 Å². The van der Waals surface area contributed by atoms with Crippen molar-refractivity contribution < 1.29 is 4.42 Å². The summed E-state index contributed by atoms with van der Waals surface area (Å²) in [6, 6.07) is 24.6. The summed E-state index contributed by atoms with van der Waals surface area (Å²) in [5, 5.41) is 0. The monoisotopic (exact) mass is 325 g/mol. The first-order chi connectivity index (χ1) is 12.3. The Morgan fingerprint density at radius 2 is 1.68 bits per heavy atom. The van der Waals surface area contributed by atoms with E-state index in [1.165, 1.54) is 16.7 Å². The average Bonchev–Trinajstić information content (AvgIpc) is 3.11. The molecule has 0 bridgehead atoms. The topological polar surface area (TPSA) is 26.0 Å². The lowest BCUT2D eigenvalue weighted by atomic mass is 10.0. The third-order valence-electron chi connectivity index (χ3n) is 4.32. The molecule has 2 nitrogen and oxygen atoms in total. The molecule has 122 valence electrons. The normalized spacial score (nSPS) is 11.4. The first-order valence-corrected chi connectivity index (χ1v) is 8.55. The van der Waals surface area contributed by atoms with Crippen LogP contribution in [0.25, 0.3) is 34.7 Å². The lowest BCUT2D eigenvalue weighted by Gasteiger charge is -2.05. The zero-order valence-electron chi connectivity index (χ0n) is 14.1. The number of hydrogen-bond acceptors (Lipinski definition) is 2. The number of para-hydroxylation sites is 2. The highest BCUT2D eigenvalue weighted by molar-refractivity contribution is 5.78. The third kappa shape index (κ3) is 3.24. The fourth-order valence-corrected chi connectivity index (χ4v) is 2.95. The fourth-order valence-electron chi connectivity index (χ4n) is 2.95. The highest BCUT2D eigenvalue weighted by Crippen LogP contribution is 2.27. The van der Waals surface area contributed by atoms with Crippen molar-refractivity contribution in [2.75, 3.05) is 0 Å². The molecular formula is C23H19NO. The summed E-state index contributed by atoms with van der Waals surface area (Å²) >= 11 is 0. The van der Waals surface area contributed by atoms with Crippen LogP contribution in [-0.2, 0) is 6.42 Å². The minimum Gasteiger partial charge on any atom is -0.436 e. The Morgan fingerprint density at radius 3 is 2.48 bits per heavy atom. The molecule has 1 heterocycles. The maximum absolute atomic E-state index is 5.91. The van der Waals surface area contributed by atoms with E-state index in [2.05, 4.69) is 66.5 Å². The van der Waals surface area contributed by atoms with Gasteiger partial charge >= 0.3 is 0 Å². The van der Waals surface area contributed by atoms with Crippen LogP contribution in [0.15, 0.2) is 77.2 Å². The van der Waals surface area contributed by atoms with Gasteiger partial charge in [0.2, 0.25) is 5.89 Å². The summed E-state index contributed by atoms with van der Waals surface area (Å²) in [5.41, 5.74) is 6.41. The van der Waals surface area contributed by atoms with Gasteiger partial charge in [0.1, 0.15) is 5.52 Å². The third-order valence-corrected chi connectivity index (χ3v) is 4.32. The number of fused-ring (bicyclic) bond motifs is 1. The molecule has 2 heteroatoms. The molecule has 3 aromatic carbocycles. The molecule has 0 spiro atoms. The lowest BCUT2D eigenvalue weighted by molar-refractivity contribution is 0.620. The predicted octanol–water partition coefficient (Wildman–Crippen LogP) is 6.23. The smallest absolute Gasteiger partial charge is 0.227 e. The molecule has 0 aliphatic rings. The largest absolute Gasteiger partial charge is 0.436 e. The molecule has 0 aliphatic heterocycles. The van der Waals surface area contributed by atoms with Crippen LogP contribution >= 0.6 is 0 Å². The van der Waals surface area contributed by atoms with Crippen molar-refractivity contribution in [2.45, 2.75) is 13.3 Å². The molecule has 0 aliphatic carbocycles. The maximum atomic E-state index is 5.91. The number of aromatic nitrogens is 1. The lowest BCUT2D eigenvalue weighted by Crippen LogP contribution is -1.88. The minimum atomic E-state index is 0.665. The van der Waals surface area contributed by atoms with Crippen LogP contribution in [0.2, 0.25) is 0 Å². The first-order valence-electron chi connectivity index (χ1n) is 8.55. The van der Waals surface area contributed by atoms with Gasteiger partial charge in [-0.15, -0.1) is 0 Å². The Hall–Kier alpha value is -3.13. The van der Waals surface area contributed by atoms with Gasteiger partial charge in [-0.3, -0.25) is 0 Å². The molecule has 0 atom stereocenters. The number of nitrogens with zero attached hydrogens (tertiary/aromatic N) is 1. The van der Waals surface area contributed by atoms with E-state index in [4.69, 9.17) is 4.42 Å². The highest BCUT2D eigenvalue weighted by atomic mass is 16.3. The van der Waals surface area contributed by atoms with Gasteiger partial charge in [-0.1, -0.05) is 67.6 Å². The van der Waals surface area contributed by atoms with Crippen molar-refractivity contribution in [3.63, 3.8) is 0 Å². The predicted molar refractivity (Wildman–Crippen MR) is 104 cm³/mol. The van der Waals surface area contributed by atoms with Crippen LogP contribution in [0.3, 0.4) is 0 Å². The molecule has 25 heavy (non-hydrogen) atoms. The molecule has 1 aromatic heterocycles. The number of oxazole rings is 1. The molecule has 0 radical (unpaired) electrons. The molecule has 4 rings (SSSR count). The van der Waals surface area contributed by atoms with Crippen molar-refractivity contribution in [1.82, 2.24) is 4.98 Å². The summed E-state index contributed by atoms with van der Waals surface area (Å²) in [6.45, 7) is 2.17. The summed E-state index contributed by atoms with van der Waals surface area (Å²) in [4.78, 5) is 4.61. The molecule has 0 saturated heterocycles. The van der Waals surface area contributed by atoms with Crippen molar-refractivity contribution in [1.29, 1.82) is 0 Å². The van der Waals surface area contributed by atoms with Crippen LogP contribution in [0.4, 0.5) is 0 Å². The van der Waals surface area contributed by atoms with Gasteiger partial charge in [-0.05, 0) is 47.4 Å². The van der Waals surface area contributed by atoms with Crippen molar-refractivity contribution in [3.05, 3.63) is 89.5 Å². The Balaban J connectivity index is 1.74. The second kappa shape index (κ2) is 6.78. The van der Waals surface area contributed by atoms with E-state index in [9.17, 15) is 0 Å². The summed E-state index contributed by atoms with van der Waals surface area (Å²) in [7, 11) is 0. The summed E-state index contributed by atoms with van der Waals surface area (Å²) in [6.07, 6.45) is 5.30. The van der Waals surface area contributed by atoms with Crippen LogP contribution in [0.1, 0.15) is 23.6 Å². The van der Waals surface area contributed by atoms with E-state index in [1.54, 1.807) is 0 Å². The van der Waals surface area contributed by atoms with Crippen molar-refractivity contribution in [2.24, 2.45) is 0 Å². The molecule has 0 amide bonds. The van der Waals surface area contributed by atoms with E-state index in [-0.39, 0.29) is 0 Å². The summed E-state index contributed by atoms with van der Waals surface area (Å²) in [5.74, 6) is 0.665. The van der Waals surface area contributed by atoms with E-state index < -0.39 is 0 Å². The molecule has 0 N–H and O–H groups in total. The van der Waals surface area contributed by atoms with Crippen LogP contribution in [0.5, 0.6) is 0 Å². The molecule has 0 fully saturated rings. The van der Waals surface area contributed by atoms with E-state index >= 15 is 0 Å². The highest BCUT2D eigenvalue weighted by Gasteiger charge is 2.09. The van der Waals surface area contributed by atoms with Gasteiger partial charge in [0.05, 0.1) is 0 Å². The standard InChI is InChI=1S/C23H19NO/c1-2-18-14-15-20(23-24-21-10-6-7-11-22(21)25-23)16-19(18)13-12-17-8-4-3-5-9-17/h3-16H,2H2,1H3. The molecular weight excluding hydrogens is 306 g/mol. The molecule has 0 saturated carbocycles. The fraction of sp³-hybridized carbons (Fsp3) is 0.0870. The first kappa shape index (κ1) is 15.4. The van der Waals surface area contributed by atoms with Gasteiger partial charge in [0, 0.05) is 5.56 Å². The van der Waals surface area contributed by atoms with Gasteiger partial charge in [-0.2, -0.15) is 0 Å². The Morgan fingerprint density at radius 1 is 0.880 bits per heavy atom. The van der Waals surface area contributed by atoms with Crippen molar-refractivity contribution in [3.8, 4) is 11.5 Å². The SMILES string of the molecule is CCc1ccc(-c2nc3ccccc3o2)cc1C=Cc1ccccc1. The zero-order valence-corrected chi connectivity index (χ0v) is 14.1. The van der Waals surface area contributed by atoms with E-state index in [0.717, 1.165) is 23.1 Å². The van der Waals surface area contributed by atoms with Gasteiger partial charge in [0.15, 0.2) is 5.58 Å². The maximum Gasteiger partial charge on any atom is 0.227 e. The Kier molecular flexibility index (Phi) is 4.17. The zero-order chi connectivity index (χ0) is 17.1. The number of benzene rings is 3. The quantitative estimate of drug-likeness (QED) is 0.416. The second-order valence-corrected chi connectivity index (χ2v) is 6.00. The molecule has 4 aromatic rings. The van der Waals surface area contributed by atoms with Crippen LogP contribution < -0.4 is 0 Å².